The van der Waals surface area contributed by atoms with Crippen LogP contribution < -0.4 is 0 Å². The van der Waals surface area contributed by atoms with Crippen LogP contribution in [0.15, 0.2) is 0 Å². The van der Waals surface area contributed by atoms with Crippen LogP contribution in [0.5, 0.6) is 0 Å². The zero-order valence-corrected chi connectivity index (χ0v) is 12.3. The maximum atomic E-state index is 12.2. The van der Waals surface area contributed by atoms with E-state index in [0.29, 0.717) is 44.1 Å². The first-order valence-corrected chi connectivity index (χ1v) is 7.53. The van der Waals surface area contributed by atoms with E-state index in [-0.39, 0.29) is 5.92 Å². The molecule has 2 saturated heterocycles. The second kappa shape index (κ2) is 7.36. The Bertz CT molecular complexity index is 281. The van der Waals surface area contributed by atoms with Gasteiger partial charge in [-0.2, -0.15) is 0 Å². The number of ketones is 1. The number of carbonyl (C=O) groups is 1. The molecule has 0 radical (unpaired) electrons. The second-order valence-corrected chi connectivity index (χ2v) is 5.89. The number of rotatable bonds is 7. The van der Waals surface area contributed by atoms with E-state index < -0.39 is 0 Å². The van der Waals surface area contributed by atoms with Crippen molar-refractivity contribution in [2.45, 2.75) is 50.6 Å². The highest BCUT2D eigenvalue weighted by Crippen LogP contribution is 2.36. The number of ether oxygens (including phenoxy) is 2. The maximum absolute atomic E-state index is 12.2. The predicted octanol–water partition coefficient (Wildman–Crippen LogP) is 1.87. The monoisotopic (exact) mass is 269 g/mol. The van der Waals surface area contributed by atoms with Crippen LogP contribution in [0, 0.1) is 5.92 Å². The average molecular weight is 269 g/mol. The van der Waals surface area contributed by atoms with E-state index >= 15 is 0 Å². The first-order chi connectivity index (χ1) is 9.22. The molecule has 4 heteroatoms. The van der Waals surface area contributed by atoms with Gasteiger partial charge in [0.25, 0.3) is 0 Å². The Balaban J connectivity index is 1.71. The second-order valence-electron chi connectivity index (χ2n) is 5.89. The highest BCUT2D eigenvalue weighted by Gasteiger charge is 2.38. The van der Waals surface area contributed by atoms with Gasteiger partial charge in [0.05, 0.1) is 19.8 Å². The summed E-state index contributed by atoms with van der Waals surface area (Å²) in [6, 6.07) is 1.27. The van der Waals surface area contributed by atoms with E-state index in [0.717, 1.165) is 12.8 Å². The number of fused-ring (bicyclic) bond motifs is 2. The summed E-state index contributed by atoms with van der Waals surface area (Å²) in [6.07, 6.45) is 6.55. The Morgan fingerprint density at radius 2 is 1.84 bits per heavy atom. The Morgan fingerprint density at radius 3 is 2.47 bits per heavy atom. The average Bonchev–Trinajstić information content (AvgIpc) is 2.38. The number of methoxy groups -OCH3 is 1. The van der Waals surface area contributed by atoms with Gasteiger partial charge < -0.3 is 14.4 Å². The van der Waals surface area contributed by atoms with Crippen molar-refractivity contribution >= 4 is 5.78 Å². The molecule has 2 rings (SSSR count). The van der Waals surface area contributed by atoms with Gasteiger partial charge in [0.1, 0.15) is 5.78 Å². The third-order valence-electron chi connectivity index (χ3n) is 4.72. The lowest BCUT2D eigenvalue weighted by Crippen LogP contribution is -2.51. The van der Waals surface area contributed by atoms with Crippen LogP contribution in [0.1, 0.15) is 38.5 Å². The van der Waals surface area contributed by atoms with Crippen LogP contribution in [0.2, 0.25) is 0 Å². The minimum atomic E-state index is 0.275. The number of hydrogen-bond acceptors (Lipinski definition) is 4. The minimum Gasteiger partial charge on any atom is -0.382 e. The molecule has 2 bridgehead atoms. The third-order valence-corrected chi connectivity index (χ3v) is 4.72. The van der Waals surface area contributed by atoms with Crippen molar-refractivity contribution in [1.82, 2.24) is 4.90 Å². The molecular formula is C15H27NO3. The van der Waals surface area contributed by atoms with Crippen LogP contribution >= 0.6 is 0 Å². The molecule has 0 spiro atoms. The van der Waals surface area contributed by atoms with E-state index in [1.54, 1.807) is 7.11 Å². The Hall–Kier alpha value is -0.450. The molecule has 0 amide bonds. The number of carbonyl (C=O) groups excluding carboxylic acids is 1. The van der Waals surface area contributed by atoms with Crippen LogP contribution in [-0.2, 0) is 14.3 Å². The van der Waals surface area contributed by atoms with E-state index in [1.165, 1.54) is 19.3 Å². The van der Waals surface area contributed by atoms with Crippen LogP contribution in [0.25, 0.3) is 0 Å². The van der Waals surface area contributed by atoms with E-state index in [2.05, 4.69) is 11.9 Å². The molecule has 2 aliphatic rings. The van der Waals surface area contributed by atoms with Gasteiger partial charge in [0.2, 0.25) is 0 Å². The van der Waals surface area contributed by atoms with Crippen LogP contribution in [0.3, 0.4) is 0 Å². The first-order valence-electron chi connectivity index (χ1n) is 7.53. The zero-order valence-electron chi connectivity index (χ0n) is 12.3. The fraction of sp³-hybridized carbons (Fsp3) is 0.933. The molecule has 0 saturated carbocycles. The van der Waals surface area contributed by atoms with Crippen molar-refractivity contribution in [3.05, 3.63) is 0 Å². The Labute approximate surface area is 116 Å². The normalized spacial score (nSPS) is 31.4. The quantitative estimate of drug-likeness (QED) is 0.661. The standard InChI is InChI=1S/C15H27NO3/c1-16-13-4-3-5-14(16)11-12(10-13)15(17)6-7-19-9-8-18-2/h12-14H,3-11H2,1-2H3. The van der Waals surface area contributed by atoms with Crippen LogP contribution in [0.4, 0.5) is 0 Å². The minimum absolute atomic E-state index is 0.275. The summed E-state index contributed by atoms with van der Waals surface area (Å²) in [5.74, 6) is 0.681. The molecule has 2 unspecified atom stereocenters. The highest BCUT2D eigenvalue weighted by atomic mass is 16.5. The third kappa shape index (κ3) is 4.01. The SMILES string of the molecule is COCCOCCC(=O)C1CC2CCCC(C1)N2C. The number of hydrogen-bond donors (Lipinski definition) is 0. The summed E-state index contributed by atoms with van der Waals surface area (Å²) < 4.78 is 10.3. The summed E-state index contributed by atoms with van der Waals surface area (Å²) in [7, 11) is 3.88. The number of Topliss-reactive ketones (excluding diaryl/α,β-unsaturated/α-hetero) is 1. The summed E-state index contributed by atoms with van der Waals surface area (Å²) in [6.45, 7) is 1.73. The summed E-state index contributed by atoms with van der Waals surface area (Å²) in [5.41, 5.74) is 0. The molecule has 0 aromatic rings. The molecule has 4 nitrogen and oxygen atoms in total. The summed E-state index contributed by atoms with van der Waals surface area (Å²) >= 11 is 0. The topological polar surface area (TPSA) is 38.8 Å². The fourth-order valence-corrected chi connectivity index (χ4v) is 3.50. The predicted molar refractivity (Wildman–Crippen MR) is 74.2 cm³/mol. The summed E-state index contributed by atoms with van der Waals surface area (Å²) in [5, 5.41) is 0. The summed E-state index contributed by atoms with van der Waals surface area (Å²) in [4.78, 5) is 14.7. The zero-order chi connectivity index (χ0) is 13.7. The van der Waals surface area contributed by atoms with Crippen molar-refractivity contribution in [3.63, 3.8) is 0 Å². The Kier molecular flexibility index (Phi) is 5.79. The lowest BCUT2D eigenvalue weighted by molar-refractivity contribution is -0.127. The maximum Gasteiger partial charge on any atom is 0.138 e. The number of nitrogens with zero attached hydrogens (tertiary/aromatic N) is 1. The van der Waals surface area contributed by atoms with Gasteiger partial charge in [0, 0.05) is 31.5 Å². The van der Waals surface area contributed by atoms with Gasteiger partial charge in [-0.3, -0.25) is 4.79 Å². The molecule has 2 fully saturated rings. The Morgan fingerprint density at radius 1 is 1.16 bits per heavy atom. The van der Waals surface area contributed by atoms with Crippen molar-refractivity contribution in [3.8, 4) is 0 Å². The van der Waals surface area contributed by atoms with Crippen molar-refractivity contribution in [2.75, 3.05) is 34.0 Å². The van der Waals surface area contributed by atoms with Gasteiger partial charge in [-0.1, -0.05) is 6.42 Å². The van der Waals surface area contributed by atoms with E-state index in [4.69, 9.17) is 9.47 Å². The molecule has 2 aliphatic heterocycles. The molecule has 0 aromatic heterocycles. The van der Waals surface area contributed by atoms with Gasteiger partial charge in [-0.05, 0) is 32.7 Å². The highest BCUT2D eigenvalue weighted by molar-refractivity contribution is 5.81. The van der Waals surface area contributed by atoms with Gasteiger partial charge in [-0.15, -0.1) is 0 Å². The fourth-order valence-electron chi connectivity index (χ4n) is 3.50. The van der Waals surface area contributed by atoms with Gasteiger partial charge in [0.15, 0.2) is 0 Å². The smallest absolute Gasteiger partial charge is 0.138 e. The molecule has 0 N–H and O–H groups in total. The van der Waals surface area contributed by atoms with E-state index in [1.807, 2.05) is 0 Å². The van der Waals surface area contributed by atoms with Gasteiger partial charge in [-0.25, -0.2) is 0 Å². The van der Waals surface area contributed by atoms with Gasteiger partial charge >= 0.3 is 0 Å². The molecule has 2 atom stereocenters. The largest absolute Gasteiger partial charge is 0.382 e. The lowest BCUT2D eigenvalue weighted by atomic mass is 9.76. The molecule has 19 heavy (non-hydrogen) atoms. The molecule has 110 valence electrons. The molecule has 0 aliphatic carbocycles. The van der Waals surface area contributed by atoms with E-state index in [9.17, 15) is 4.79 Å². The van der Waals surface area contributed by atoms with Crippen molar-refractivity contribution in [1.29, 1.82) is 0 Å². The lowest BCUT2D eigenvalue weighted by Gasteiger charge is -2.46. The van der Waals surface area contributed by atoms with Crippen molar-refractivity contribution in [2.24, 2.45) is 5.92 Å². The molecular weight excluding hydrogens is 242 g/mol. The first kappa shape index (κ1) is 14.9. The van der Waals surface area contributed by atoms with Crippen LogP contribution in [-0.4, -0.2) is 56.7 Å². The molecule has 2 heterocycles. The number of piperidine rings is 2. The molecule has 0 aromatic carbocycles. The van der Waals surface area contributed by atoms with Crippen molar-refractivity contribution < 1.29 is 14.3 Å².